The van der Waals surface area contributed by atoms with Gasteiger partial charge in [-0.25, -0.2) is 0 Å². The molecule has 0 radical (unpaired) electrons. The average molecular weight is 256 g/mol. The molecule has 1 N–H and O–H groups in total. The summed E-state index contributed by atoms with van der Waals surface area (Å²) in [5.41, 5.74) is 2.43. The number of rotatable bonds is 4. The Hall–Kier alpha value is -1.06. The number of hydrogen-bond donors (Lipinski definition) is 1. The molecule has 1 aliphatic carbocycles. The average Bonchev–Trinajstić information content (AvgIpc) is 2.97. The Balaban J connectivity index is 0.00000144. The summed E-state index contributed by atoms with van der Waals surface area (Å²) in [7, 11) is 4.07. The third-order valence-corrected chi connectivity index (χ3v) is 3.01. The van der Waals surface area contributed by atoms with E-state index in [4.69, 9.17) is 5.11 Å². The first kappa shape index (κ1) is 14.0. The van der Waals surface area contributed by atoms with Crippen molar-refractivity contribution >= 4 is 18.4 Å². The van der Waals surface area contributed by atoms with Crippen molar-refractivity contribution in [2.45, 2.75) is 18.9 Å². The Labute approximate surface area is 108 Å². The standard InChI is InChI=1S/C13H17NO2.ClH/c1-14(2)8-9-3-5-10(6-4-9)11-7-12(11)13(15)16;/h3-6,11-12H,7-8H2,1-2H3,(H,15,16);1H/t11-,12+;/m1./s1. The number of benzene rings is 1. The van der Waals surface area contributed by atoms with Crippen LogP contribution in [0.25, 0.3) is 0 Å². The predicted molar refractivity (Wildman–Crippen MR) is 69.6 cm³/mol. The lowest BCUT2D eigenvalue weighted by molar-refractivity contribution is -0.138. The van der Waals surface area contributed by atoms with Crippen molar-refractivity contribution in [3.05, 3.63) is 35.4 Å². The number of hydrogen-bond acceptors (Lipinski definition) is 2. The topological polar surface area (TPSA) is 40.5 Å². The van der Waals surface area contributed by atoms with Crippen LogP contribution < -0.4 is 0 Å². The van der Waals surface area contributed by atoms with Gasteiger partial charge in [-0.15, -0.1) is 12.4 Å². The van der Waals surface area contributed by atoms with Crippen molar-refractivity contribution in [3.8, 4) is 0 Å². The third kappa shape index (κ3) is 3.45. The largest absolute Gasteiger partial charge is 0.481 e. The molecule has 1 saturated carbocycles. The van der Waals surface area contributed by atoms with E-state index in [-0.39, 0.29) is 24.2 Å². The van der Waals surface area contributed by atoms with Crippen molar-refractivity contribution < 1.29 is 9.90 Å². The van der Waals surface area contributed by atoms with Gasteiger partial charge in [0.25, 0.3) is 0 Å². The molecule has 17 heavy (non-hydrogen) atoms. The van der Waals surface area contributed by atoms with Crippen LogP contribution >= 0.6 is 12.4 Å². The Kier molecular flexibility index (Phi) is 4.54. The fourth-order valence-electron chi connectivity index (χ4n) is 2.07. The van der Waals surface area contributed by atoms with E-state index in [1.54, 1.807) is 0 Å². The van der Waals surface area contributed by atoms with Crippen molar-refractivity contribution in [1.29, 1.82) is 0 Å². The van der Waals surface area contributed by atoms with Crippen molar-refractivity contribution in [3.63, 3.8) is 0 Å². The van der Waals surface area contributed by atoms with Gasteiger partial charge in [-0.2, -0.15) is 0 Å². The molecule has 2 rings (SSSR count). The summed E-state index contributed by atoms with van der Waals surface area (Å²) >= 11 is 0. The van der Waals surface area contributed by atoms with Crippen LogP contribution in [0.1, 0.15) is 23.5 Å². The molecular formula is C13H18ClNO2. The van der Waals surface area contributed by atoms with Crippen molar-refractivity contribution in [2.75, 3.05) is 14.1 Å². The van der Waals surface area contributed by atoms with Gasteiger partial charge >= 0.3 is 5.97 Å². The number of aliphatic carboxylic acids is 1. The van der Waals surface area contributed by atoms with Gasteiger partial charge in [0.2, 0.25) is 0 Å². The molecule has 0 heterocycles. The van der Waals surface area contributed by atoms with Gasteiger partial charge in [0, 0.05) is 6.54 Å². The van der Waals surface area contributed by atoms with Gasteiger partial charge in [-0.3, -0.25) is 4.79 Å². The zero-order chi connectivity index (χ0) is 11.7. The van der Waals surface area contributed by atoms with E-state index in [1.807, 2.05) is 14.1 Å². The van der Waals surface area contributed by atoms with Gasteiger partial charge in [0.05, 0.1) is 5.92 Å². The number of carbonyl (C=O) groups is 1. The molecule has 1 aromatic carbocycles. The molecule has 0 aliphatic heterocycles. The maximum atomic E-state index is 10.8. The van der Waals surface area contributed by atoms with E-state index in [0.717, 1.165) is 18.5 Å². The molecule has 2 atom stereocenters. The summed E-state index contributed by atoms with van der Waals surface area (Å²) in [6.45, 7) is 0.924. The van der Waals surface area contributed by atoms with Crippen LogP contribution in [0.5, 0.6) is 0 Å². The van der Waals surface area contributed by atoms with Gasteiger partial charge in [-0.05, 0) is 37.6 Å². The lowest BCUT2D eigenvalue weighted by atomic mass is 10.1. The van der Waals surface area contributed by atoms with Crippen molar-refractivity contribution in [1.82, 2.24) is 4.90 Å². The number of carboxylic acids is 1. The maximum absolute atomic E-state index is 10.8. The highest BCUT2D eigenvalue weighted by molar-refractivity contribution is 5.85. The molecule has 0 aromatic heterocycles. The molecule has 1 aromatic rings. The van der Waals surface area contributed by atoms with E-state index in [2.05, 4.69) is 29.2 Å². The summed E-state index contributed by atoms with van der Waals surface area (Å²) in [6, 6.07) is 8.30. The molecule has 1 fully saturated rings. The number of halogens is 1. The molecule has 0 spiro atoms. The van der Waals surface area contributed by atoms with Gasteiger partial charge in [-0.1, -0.05) is 24.3 Å². The molecular weight excluding hydrogens is 238 g/mol. The minimum atomic E-state index is -0.664. The third-order valence-electron chi connectivity index (χ3n) is 3.01. The Morgan fingerprint density at radius 2 is 1.94 bits per heavy atom. The molecule has 4 heteroatoms. The molecule has 94 valence electrons. The summed E-state index contributed by atoms with van der Waals surface area (Å²) in [4.78, 5) is 12.9. The molecule has 0 unspecified atom stereocenters. The highest BCUT2D eigenvalue weighted by Crippen LogP contribution is 2.47. The zero-order valence-electron chi connectivity index (χ0n) is 10.1. The minimum absolute atomic E-state index is 0. The minimum Gasteiger partial charge on any atom is -0.481 e. The van der Waals surface area contributed by atoms with Gasteiger partial charge < -0.3 is 10.0 Å². The van der Waals surface area contributed by atoms with E-state index in [0.29, 0.717) is 0 Å². The van der Waals surface area contributed by atoms with E-state index in [9.17, 15) is 4.79 Å². The van der Waals surface area contributed by atoms with Crippen LogP contribution in [0.4, 0.5) is 0 Å². The predicted octanol–water partition coefficient (Wildman–Crippen LogP) is 2.36. The summed E-state index contributed by atoms with van der Waals surface area (Å²) < 4.78 is 0. The lowest BCUT2D eigenvalue weighted by Crippen LogP contribution is -2.10. The van der Waals surface area contributed by atoms with E-state index < -0.39 is 5.97 Å². The monoisotopic (exact) mass is 255 g/mol. The highest BCUT2D eigenvalue weighted by atomic mass is 35.5. The van der Waals surface area contributed by atoms with E-state index >= 15 is 0 Å². The summed E-state index contributed by atoms with van der Waals surface area (Å²) in [5, 5.41) is 8.85. The fourth-order valence-corrected chi connectivity index (χ4v) is 2.07. The maximum Gasteiger partial charge on any atom is 0.307 e. The Morgan fingerprint density at radius 1 is 1.35 bits per heavy atom. The summed E-state index contributed by atoms with van der Waals surface area (Å²) in [6.07, 6.45) is 0.794. The molecule has 0 amide bonds. The number of carboxylic acid groups (broad SMARTS) is 1. The zero-order valence-corrected chi connectivity index (χ0v) is 10.9. The van der Waals surface area contributed by atoms with Crippen LogP contribution in [0.15, 0.2) is 24.3 Å². The first-order chi connectivity index (χ1) is 7.58. The fraction of sp³-hybridized carbons (Fsp3) is 0.462. The molecule has 0 bridgehead atoms. The second kappa shape index (κ2) is 5.52. The second-order valence-electron chi connectivity index (χ2n) is 4.77. The van der Waals surface area contributed by atoms with Crippen LogP contribution in [0.2, 0.25) is 0 Å². The van der Waals surface area contributed by atoms with Crippen molar-refractivity contribution in [2.24, 2.45) is 5.92 Å². The first-order valence-corrected chi connectivity index (χ1v) is 5.54. The molecule has 0 saturated heterocycles. The Morgan fingerprint density at radius 3 is 2.35 bits per heavy atom. The van der Waals surface area contributed by atoms with Gasteiger partial charge in [0.1, 0.15) is 0 Å². The first-order valence-electron chi connectivity index (χ1n) is 5.54. The van der Waals surface area contributed by atoms with Gasteiger partial charge in [0.15, 0.2) is 0 Å². The summed E-state index contributed by atoms with van der Waals surface area (Å²) in [5.74, 6) is -0.576. The Bertz CT molecular complexity index is 389. The van der Waals surface area contributed by atoms with Crippen LogP contribution in [0.3, 0.4) is 0 Å². The van der Waals surface area contributed by atoms with Crippen LogP contribution in [-0.4, -0.2) is 30.1 Å². The molecule has 3 nitrogen and oxygen atoms in total. The SMILES string of the molecule is CN(C)Cc1ccc([C@H]2C[C@@H]2C(=O)O)cc1.Cl. The second-order valence-corrected chi connectivity index (χ2v) is 4.77. The quantitative estimate of drug-likeness (QED) is 0.898. The molecule has 1 aliphatic rings. The van der Waals surface area contributed by atoms with Crippen LogP contribution in [0, 0.1) is 5.92 Å². The lowest BCUT2D eigenvalue weighted by Gasteiger charge is -2.09. The highest BCUT2D eigenvalue weighted by Gasteiger charge is 2.43. The smallest absolute Gasteiger partial charge is 0.307 e. The number of nitrogens with zero attached hydrogens (tertiary/aromatic N) is 1. The van der Waals surface area contributed by atoms with E-state index in [1.165, 1.54) is 5.56 Å². The normalized spacial score (nSPS) is 22.1. The van der Waals surface area contributed by atoms with Crippen LogP contribution in [-0.2, 0) is 11.3 Å².